The molecule has 0 aromatic carbocycles. The van der Waals surface area contributed by atoms with Crippen LogP contribution in [-0.4, -0.2) is 35.9 Å². The number of carbonyl (C=O) groups excluding carboxylic acids is 1. The number of aliphatic carboxylic acids is 1. The number of carboxylic acid groups (broad SMARTS) is 1. The van der Waals surface area contributed by atoms with Gasteiger partial charge < -0.3 is 14.6 Å². The maximum atomic E-state index is 11.4. The van der Waals surface area contributed by atoms with E-state index in [1.807, 2.05) is 0 Å². The molecule has 5 nitrogen and oxygen atoms in total. The molecule has 5 heteroatoms. The summed E-state index contributed by atoms with van der Waals surface area (Å²) in [7, 11) is 0. The molecule has 1 aliphatic carbocycles. The number of esters is 1. The zero-order valence-corrected chi connectivity index (χ0v) is 10.2. The number of carbonyl (C=O) groups is 2. The molecule has 0 saturated heterocycles. The van der Waals surface area contributed by atoms with Crippen molar-refractivity contribution in [1.29, 1.82) is 0 Å². The molecule has 0 bridgehead atoms. The van der Waals surface area contributed by atoms with Gasteiger partial charge in [-0.1, -0.05) is 12.5 Å². The molecular weight excluding hydrogens is 236 g/mol. The van der Waals surface area contributed by atoms with Crippen molar-refractivity contribution in [2.75, 3.05) is 6.61 Å². The van der Waals surface area contributed by atoms with Crippen LogP contribution in [0.15, 0.2) is 24.8 Å². The Morgan fingerprint density at radius 3 is 2.50 bits per heavy atom. The fraction of sp³-hybridized carbons (Fsp3) is 0.538. The van der Waals surface area contributed by atoms with Crippen molar-refractivity contribution in [3.8, 4) is 0 Å². The van der Waals surface area contributed by atoms with E-state index in [0.717, 1.165) is 37.8 Å². The summed E-state index contributed by atoms with van der Waals surface area (Å²) in [6.07, 6.45) is 6.52. The minimum absolute atomic E-state index is 0.126. The highest BCUT2D eigenvalue weighted by Crippen LogP contribution is 2.24. The van der Waals surface area contributed by atoms with Crippen molar-refractivity contribution in [3.05, 3.63) is 24.8 Å². The molecule has 1 fully saturated rings. The Hall–Kier alpha value is -1.62. The monoisotopic (exact) mass is 254 g/mol. The van der Waals surface area contributed by atoms with Crippen LogP contribution in [0.5, 0.6) is 0 Å². The van der Waals surface area contributed by atoms with E-state index in [1.165, 1.54) is 0 Å². The van der Waals surface area contributed by atoms with Gasteiger partial charge in [0.15, 0.2) is 0 Å². The van der Waals surface area contributed by atoms with Crippen LogP contribution < -0.4 is 0 Å². The lowest BCUT2D eigenvalue weighted by Crippen LogP contribution is -2.36. The van der Waals surface area contributed by atoms with Crippen molar-refractivity contribution in [2.45, 2.75) is 37.9 Å². The van der Waals surface area contributed by atoms with E-state index in [0.29, 0.717) is 6.61 Å². The summed E-state index contributed by atoms with van der Waals surface area (Å²) >= 11 is 0. The Morgan fingerprint density at radius 2 is 1.89 bits per heavy atom. The zero-order valence-electron chi connectivity index (χ0n) is 10.2. The zero-order chi connectivity index (χ0) is 13.4. The fourth-order valence-corrected chi connectivity index (χ4v) is 1.91. The van der Waals surface area contributed by atoms with Gasteiger partial charge in [-0.3, -0.25) is 0 Å². The molecule has 0 aromatic heterocycles. The summed E-state index contributed by atoms with van der Waals surface area (Å²) in [6.45, 7) is 3.99. The van der Waals surface area contributed by atoms with Crippen molar-refractivity contribution < 1.29 is 24.2 Å². The SMILES string of the molecule is C=CCOC1CCCCC1OC(=O)/C=C/C(=O)O. The molecule has 0 radical (unpaired) electrons. The number of ether oxygens (including phenoxy) is 2. The predicted molar refractivity (Wildman–Crippen MR) is 65.1 cm³/mol. The smallest absolute Gasteiger partial charge is 0.331 e. The Labute approximate surface area is 106 Å². The van der Waals surface area contributed by atoms with Crippen LogP contribution >= 0.6 is 0 Å². The molecule has 0 aliphatic heterocycles. The van der Waals surface area contributed by atoms with Gasteiger partial charge in [0.25, 0.3) is 0 Å². The van der Waals surface area contributed by atoms with Gasteiger partial charge in [0.2, 0.25) is 0 Å². The largest absolute Gasteiger partial charge is 0.478 e. The topological polar surface area (TPSA) is 72.8 Å². The summed E-state index contributed by atoms with van der Waals surface area (Å²) in [5.74, 6) is -1.81. The Balaban J connectivity index is 2.48. The lowest BCUT2D eigenvalue weighted by Gasteiger charge is -2.30. The van der Waals surface area contributed by atoms with E-state index in [-0.39, 0.29) is 12.2 Å². The van der Waals surface area contributed by atoms with E-state index in [4.69, 9.17) is 14.6 Å². The minimum Gasteiger partial charge on any atom is -0.478 e. The Kier molecular flexibility index (Phi) is 6.14. The highest BCUT2D eigenvalue weighted by atomic mass is 16.6. The Morgan fingerprint density at radius 1 is 1.22 bits per heavy atom. The van der Waals surface area contributed by atoms with Crippen molar-refractivity contribution in [1.82, 2.24) is 0 Å². The third-order valence-corrected chi connectivity index (χ3v) is 2.70. The maximum absolute atomic E-state index is 11.4. The lowest BCUT2D eigenvalue weighted by atomic mass is 9.94. The van der Waals surface area contributed by atoms with Gasteiger partial charge in [-0.2, -0.15) is 0 Å². The van der Waals surface area contributed by atoms with Crippen molar-refractivity contribution >= 4 is 11.9 Å². The molecule has 1 rings (SSSR count). The molecule has 1 saturated carbocycles. The molecule has 1 N–H and O–H groups in total. The first-order valence-corrected chi connectivity index (χ1v) is 5.97. The van der Waals surface area contributed by atoms with E-state index in [2.05, 4.69) is 6.58 Å². The fourth-order valence-electron chi connectivity index (χ4n) is 1.91. The van der Waals surface area contributed by atoms with Crippen LogP contribution in [-0.2, 0) is 19.1 Å². The molecule has 2 atom stereocenters. The van der Waals surface area contributed by atoms with Crippen LogP contribution in [0.3, 0.4) is 0 Å². The lowest BCUT2D eigenvalue weighted by molar-refractivity contribution is -0.154. The highest BCUT2D eigenvalue weighted by Gasteiger charge is 2.28. The third-order valence-electron chi connectivity index (χ3n) is 2.70. The number of carboxylic acids is 1. The quantitative estimate of drug-likeness (QED) is 0.443. The van der Waals surface area contributed by atoms with E-state index in [1.54, 1.807) is 6.08 Å². The van der Waals surface area contributed by atoms with Gasteiger partial charge >= 0.3 is 11.9 Å². The van der Waals surface area contributed by atoms with Crippen LogP contribution in [0.2, 0.25) is 0 Å². The maximum Gasteiger partial charge on any atom is 0.331 e. The second-order valence-corrected chi connectivity index (χ2v) is 4.09. The normalized spacial score (nSPS) is 23.8. The molecule has 0 spiro atoms. The van der Waals surface area contributed by atoms with Gasteiger partial charge in [0.05, 0.1) is 12.7 Å². The standard InChI is InChI=1S/C13H18O5/c1-2-9-17-10-5-3-4-6-11(10)18-13(16)8-7-12(14)15/h2,7-8,10-11H,1,3-6,9H2,(H,14,15)/b8-7+. The van der Waals surface area contributed by atoms with E-state index in [9.17, 15) is 9.59 Å². The molecule has 100 valence electrons. The first-order chi connectivity index (χ1) is 8.63. The van der Waals surface area contributed by atoms with E-state index < -0.39 is 11.9 Å². The first kappa shape index (κ1) is 14.4. The summed E-state index contributed by atoms with van der Waals surface area (Å²) in [4.78, 5) is 21.7. The minimum atomic E-state index is -1.17. The summed E-state index contributed by atoms with van der Waals surface area (Å²) in [5.41, 5.74) is 0. The summed E-state index contributed by atoms with van der Waals surface area (Å²) in [6, 6.07) is 0. The molecule has 0 amide bonds. The summed E-state index contributed by atoms with van der Waals surface area (Å²) in [5, 5.41) is 8.41. The third kappa shape index (κ3) is 5.14. The first-order valence-electron chi connectivity index (χ1n) is 5.97. The molecular formula is C13H18O5. The van der Waals surface area contributed by atoms with Crippen molar-refractivity contribution in [2.24, 2.45) is 0 Å². The second-order valence-electron chi connectivity index (χ2n) is 4.09. The summed E-state index contributed by atoms with van der Waals surface area (Å²) < 4.78 is 10.7. The van der Waals surface area contributed by atoms with Crippen LogP contribution in [0.25, 0.3) is 0 Å². The Bertz CT molecular complexity index is 334. The predicted octanol–water partition coefficient (Wildman–Crippen LogP) is 1.68. The van der Waals surface area contributed by atoms with Gasteiger partial charge in [0.1, 0.15) is 6.10 Å². The number of hydrogen-bond donors (Lipinski definition) is 1. The molecule has 2 unspecified atom stereocenters. The van der Waals surface area contributed by atoms with Crippen molar-refractivity contribution in [3.63, 3.8) is 0 Å². The average molecular weight is 254 g/mol. The number of hydrogen-bond acceptors (Lipinski definition) is 4. The van der Waals surface area contributed by atoms with Crippen LogP contribution in [0.1, 0.15) is 25.7 Å². The van der Waals surface area contributed by atoms with Gasteiger partial charge in [0, 0.05) is 12.2 Å². The molecule has 0 aromatic rings. The molecule has 18 heavy (non-hydrogen) atoms. The highest BCUT2D eigenvalue weighted by molar-refractivity contribution is 5.90. The van der Waals surface area contributed by atoms with Crippen LogP contribution in [0.4, 0.5) is 0 Å². The average Bonchev–Trinajstić information content (AvgIpc) is 2.35. The molecule has 1 aliphatic rings. The second kappa shape index (κ2) is 7.66. The van der Waals surface area contributed by atoms with Crippen LogP contribution in [0, 0.1) is 0 Å². The van der Waals surface area contributed by atoms with Gasteiger partial charge in [-0.05, 0) is 19.3 Å². The van der Waals surface area contributed by atoms with Gasteiger partial charge in [-0.15, -0.1) is 6.58 Å². The van der Waals surface area contributed by atoms with E-state index >= 15 is 0 Å². The van der Waals surface area contributed by atoms with Gasteiger partial charge in [-0.25, -0.2) is 9.59 Å². The number of rotatable bonds is 6. The molecule has 0 heterocycles.